The Kier molecular flexibility index (Phi) is 21.1. The van der Waals surface area contributed by atoms with Gasteiger partial charge < -0.3 is 28.9 Å². The molecule has 5 aliphatic carbocycles. The van der Waals surface area contributed by atoms with Gasteiger partial charge in [-0.15, -0.1) is 6.58 Å². The van der Waals surface area contributed by atoms with Crippen molar-refractivity contribution >= 4 is 90.1 Å². The smallest absolute Gasteiger partial charge is 0.151 e. The molecule has 6 heteroatoms. The topological polar surface area (TPSA) is 27.1 Å². The van der Waals surface area contributed by atoms with E-state index in [0.29, 0.717) is 0 Å². The van der Waals surface area contributed by atoms with Crippen molar-refractivity contribution in [2.75, 3.05) is 19.6 Å². The van der Waals surface area contributed by atoms with E-state index in [1.165, 1.54) is 261 Å². The predicted molar refractivity (Wildman–Crippen MR) is 507 cm³/mol. The molecule has 0 unspecified atom stereocenters. The summed E-state index contributed by atoms with van der Waals surface area (Å²) in [4.78, 5) is 9.48. The molecule has 0 N–H and O–H groups in total. The van der Waals surface area contributed by atoms with E-state index in [4.69, 9.17) is 4.74 Å². The van der Waals surface area contributed by atoms with Crippen LogP contribution in [-0.4, -0.2) is 4.57 Å². The number of hydrogen-bond donors (Lipinski definition) is 0. The summed E-state index contributed by atoms with van der Waals surface area (Å²) in [7, 11) is 0. The van der Waals surface area contributed by atoms with E-state index in [1.807, 2.05) is 6.08 Å². The number of hydrogen-bond acceptors (Lipinski definition) is 5. The third-order valence-electron chi connectivity index (χ3n) is 25.6. The average Bonchev–Trinajstić information content (AvgIpc) is 1.69. The van der Waals surface area contributed by atoms with Crippen molar-refractivity contribution in [1.82, 2.24) is 4.57 Å². The van der Waals surface area contributed by atoms with Gasteiger partial charge in [0.05, 0.1) is 11.4 Å². The Balaban J connectivity index is 0.000000109. The fourth-order valence-corrected chi connectivity index (χ4v) is 18.1. The molecule has 0 amide bonds. The van der Waals surface area contributed by atoms with Gasteiger partial charge in [0.25, 0.3) is 0 Å². The first-order chi connectivity index (χ1) is 58.6. The van der Waals surface area contributed by atoms with E-state index < -0.39 is 0 Å². The molecule has 2 heterocycles. The second-order valence-electron chi connectivity index (χ2n) is 34.3. The summed E-state index contributed by atoms with van der Waals surface area (Å²) in [6, 6.07) is 113. The molecule has 16 aromatic rings. The number of aryl methyl sites for hydroxylation is 19. The van der Waals surface area contributed by atoms with Gasteiger partial charge in [-0.2, -0.15) is 0 Å². The molecule has 6 aliphatic rings. The highest BCUT2D eigenvalue weighted by Crippen LogP contribution is 2.53. The molecule has 0 radical (unpaired) electrons. The summed E-state index contributed by atoms with van der Waals surface area (Å²) in [6.45, 7) is 22.0. The first-order valence-electron chi connectivity index (χ1n) is 43.4. The van der Waals surface area contributed by atoms with E-state index in [0.717, 1.165) is 52.9 Å². The summed E-state index contributed by atoms with van der Waals surface area (Å²) in [5.74, 6) is 1.80. The number of anilines is 12. The summed E-state index contributed by atoms with van der Waals surface area (Å²) >= 11 is 0. The van der Waals surface area contributed by atoms with Crippen molar-refractivity contribution in [3.8, 4) is 33.8 Å². The number of aromatic nitrogens is 1. The minimum atomic E-state index is 0.900. The Morgan fingerprint density at radius 2 is 0.558 bits per heavy atom. The minimum absolute atomic E-state index is 0.900. The number of nitrogens with zero attached hydrogens (tertiary/aromatic N) is 5. The van der Waals surface area contributed by atoms with Crippen LogP contribution in [0.2, 0.25) is 0 Å². The molecule has 0 fully saturated rings. The lowest BCUT2D eigenvalue weighted by atomic mass is 9.84. The number of benzene rings is 15. The van der Waals surface area contributed by atoms with Gasteiger partial charge in [0.15, 0.2) is 11.5 Å². The van der Waals surface area contributed by atoms with E-state index in [1.54, 1.807) is 0 Å². The van der Waals surface area contributed by atoms with E-state index >= 15 is 0 Å². The number of ether oxygens (including phenoxy) is 1. The van der Waals surface area contributed by atoms with Crippen molar-refractivity contribution < 1.29 is 4.74 Å². The Hall–Kier alpha value is -13.2. The molecular weight excluding hydrogens is 1460 g/mol. The molecule has 0 atom stereocenters. The van der Waals surface area contributed by atoms with E-state index in [2.05, 4.69) is 389 Å². The van der Waals surface area contributed by atoms with Crippen LogP contribution in [0, 0.1) is 55.4 Å². The van der Waals surface area contributed by atoms with Crippen LogP contribution >= 0.6 is 0 Å². The van der Waals surface area contributed by atoms with Gasteiger partial charge in [0.2, 0.25) is 0 Å². The van der Waals surface area contributed by atoms with Crippen LogP contribution in [0.15, 0.2) is 316 Å². The maximum atomic E-state index is 6.45. The first-order valence-corrected chi connectivity index (χ1v) is 43.4. The number of fused-ring (bicyclic) bond motifs is 10. The van der Waals surface area contributed by atoms with Crippen molar-refractivity contribution in [3.63, 3.8) is 0 Å². The fourth-order valence-electron chi connectivity index (χ4n) is 18.1. The van der Waals surface area contributed by atoms with Gasteiger partial charge in [-0.25, -0.2) is 0 Å². The molecule has 15 aromatic carbocycles. The molecule has 0 saturated carbocycles. The summed E-state index contributed by atoms with van der Waals surface area (Å²) in [5.41, 5.74) is 46.9. The zero-order chi connectivity index (χ0) is 81.6. The van der Waals surface area contributed by atoms with Crippen LogP contribution < -0.4 is 24.3 Å². The maximum Gasteiger partial charge on any atom is 0.151 e. The lowest BCUT2D eigenvalue weighted by Crippen LogP contribution is -2.16. The average molecular weight is 1560 g/mol. The molecule has 0 bridgehead atoms. The summed E-state index contributed by atoms with van der Waals surface area (Å²) in [6.07, 6.45) is 17.5. The van der Waals surface area contributed by atoms with Crippen LogP contribution in [0.3, 0.4) is 0 Å². The van der Waals surface area contributed by atoms with Gasteiger partial charge in [-0.1, -0.05) is 167 Å². The predicted octanol–water partition coefficient (Wildman–Crippen LogP) is 30.5. The van der Waals surface area contributed by atoms with Gasteiger partial charge in [-0.05, 0) is 404 Å². The maximum absolute atomic E-state index is 6.45. The van der Waals surface area contributed by atoms with Crippen molar-refractivity contribution in [3.05, 3.63) is 416 Å². The SMILES string of the molecule is C=CCCCCn1c2ccc(C)cc2c2cc(C)ccc21.Cc1ccc(N(c2ccc(C)cc2)c2ccc3c(c2)CC3)cc1.Cc1ccc(N(c2ccc(N(c3ccc(C)cc3)c3ccc4c(c3)CC4)cc2)c2ccc3c(c2)CC3)cc1.Cc1ccc2c(c1)Oc1cc(C)ccc1N2c1cc(-c2ccc3c(c2)CC3)cc(-c2ccc3c(c2)CC3)c1. The van der Waals surface area contributed by atoms with Crippen LogP contribution in [0.1, 0.15) is 119 Å². The summed E-state index contributed by atoms with van der Waals surface area (Å²) < 4.78 is 8.93. The molecule has 22 rings (SSSR count). The molecule has 1 aromatic heterocycles. The van der Waals surface area contributed by atoms with Crippen LogP contribution in [0.4, 0.5) is 68.2 Å². The highest BCUT2D eigenvalue weighted by Gasteiger charge is 2.29. The zero-order valence-corrected chi connectivity index (χ0v) is 70.7. The van der Waals surface area contributed by atoms with Crippen molar-refractivity contribution in [2.24, 2.45) is 0 Å². The molecular formula is C114H105N5O. The molecule has 6 nitrogen and oxygen atoms in total. The zero-order valence-electron chi connectivity index (χ0n) is 70.7. The van der Waals surface area contributed by atoms with Crippen LogP contribution in [-0.2, 0) is 70.8 Å². The Bertz CT molecular complexity index is 6210. The molecule has 592 valence electrons. The quantitative estimate of drug-likeness (QED) is 0.0669. The number of rotatable bonds is 17. The number of unbranched alkanes of at least 4 members (excludes halogenated alkanes) is 2. The van der Waals surface area contributed by atoms with E-state index in [-0.39, 0.29) is 0 Å². The number of allylic oxidation sites excluding steroid dienone is 1. The second-order valence-corrected chi connectivity index (χ2v) is 34.3. The van der Waals surface area contributed by atoms with E-state index in [9.17, 15) is 0 Å². The molecule has 0 spiro atoms. The van der Waals surface area contributed by atoms with Crippen molar-refractivity contribution in [2.45, 2.75) is 145 Å². The van der Waals surface area contributed by atoms with Crippen LogP contribution in [0.5, 0.6) is 11.5 Å². The van der Waals surface area contributed by atoms with Gasteiger partial charge in [0.1, 0.15) is 0 Å². The fraction of sp³-hybridized carbons (Fsp3) is 0.193. The van der Waals surface area contributed by atoms with Gasteiger partial charge >= 0.3 is 0 Å². The first kappa shape index (κ1) is 76.8. The highest BCUT2D eigenvalue weighted by atomic mass is 16.5. The van der Waals surface area contributed by atoms with Gasteiger partial charge in [-0.3, -0.25) is 0 Å². The summed E-state index contributed by atoms with van der Waals surface area (Å²) in [5, 5.41) is 2.77. The Morgan fingerprint density at radius 1 is 0.267 bits per heavy atom. The Labute approximate surface area is 709 Å². The molecule has 120 heavy (non-hydrogen) atoms. The highest BCUT2D eigenvalue weighted by molar-refractivity contribution is 6.08. The lowest BCUT2D eigenvalue weighted by molar-refractivity contribution is 0.476. The lowest BCUT2D eigenvalue weighted by Gasteiger charge is -2.34. The monoisotopic (exact) mass is 1560 g/mol. The third-order valence-corrected chi connectivity index (χ3v) is 25.6. The normalized spacial score (nSPS) is 13.1. The molecule has 1 aliphatic heterocycles. The second kappa shape index (κ2) is 33.0. The standard InChI is InChI=1S/C36H32N2.C36H29NO.C22H21N.C20H23N/c1-25-3-13-31(14-4-25)37(35-17-11-27-7-9-29(27)23-35)33-19-21-34(22-20-33)38(32-15-5-26(2)6-16-32)36-18-12-28-8-10-30(28)24-36;1-22-3-13-33-35(15-22)38-36-16-23(2)4-14-34(36)37(33)32-20-30(28-11-7-24-5-9-26(24)17-28)19-31(21-32)29-12-8-25-6-10-27(25)18-29;1-16-3-10-20(11-4-16)23(21-12-5-17(2)6-13-21)22-14-9-18-7-8-19(18)15-22;1-4-5-6-7-12-21-19-10-8-15(2)13-17(19)18-14-16(3)9-11-20(18)21/h3-6,11-24H,7-10H2,1-2H3;3-4,7-8,11-21H,5-6,9-10H2,1-2H3;3-6,9-15H,7-8H2,1-2H3;4,8-11,13-14H,1,5-7,12H2,2-3H3. The van der Waals surface area contributed by atoms with Crippen LogP contribution in [0.25, 0.3) is 44.1 Å². The molecule has 0 saturated heterocycles. The van der Waals surface area contributed by atoms with Crippen molar-refractivity contribution in [1.29, 1.82) is 0 Å². The minimum Gasteiger partial charge on any atom is -0.453 e. The Morgan fingerprint density at radius 3 is 0.875 bits per heavy atom. The third kappa shape index (κ3) is 15.6. The van der Waals surface area contributed by atoms with Gasteiger partial charge in [0, 0.05) is 85.2 Å². The largest absolute Gasteiger partial charge is 0.453 e.